The molecule has 0 radical (unpaired) electrons. The van der Waals surface area contributed by atoms with E-state index in [9.17, 15) is 32.5 Å². The topological polar surface area (TPSA) is 178 Å². The SMILES string of the molecule is C.C.C.CO.Nc1c([N+](=O)[O-])ccc(NCc2ccc(F)cc2)c1F.[2H]C([2H])([2H])C([2H])([2H])OC(=O)Nc1ccc(NCc2ccc(F)cc2)c(F)c1N. The van der Waals surface area contributed by atoms with E-state index in [0.717, 1.165) is 18.7 Å². The summed E-state index contributed by atoms with van der Waals surface area (Å²) >= 11 is 0. The Balaban J connectivity index is 0. The van der Waals surface area contributed by atoms with Crippen molar-refractivity contribution < 1.29 is 44.0 Å². The number of carbonyl (C=O) groups is 1. The van der Waals surface area contributed by atoms with Crippen LogP contribution in [0, 0.1) is 33.4 Å². The van der Waals surface area contributed by atoms with Gasteiger partial charge in [0.2, 0.25) is 0 Å². The van der Waals surface area contributed by atoms with Gasteiger partial charge >= 0.3 is 6.09 Å². The van der Waals surface area contributed by atoms with Crippen LogP contribution in [0.2, 0.25) is 0 Å². The summed E-state index contributed by atoms with van der Waals surface area (Å²) in [7, 11) is 1.00. The largest absolute Gasteiger partial charge is 0.450 e. The van der Waals surface area contributed by atoms with E-state index >= 15 is 0 Å². The van der Waals surface area contributed by atoms with Gasteiger partial charge < -0.3 is 31.9 Å². The number of hydrogen-bond acceptors (Lipinski definition) is 9. The average Bonchev–Trinajstić information content (AvgIpc) is 3.05. The van der Waals surface area contributed by atoms with Crippen molar-refractivity contribution in [3.63, 3.8) is 0 Å². The maximum atomic E-state index is 14.4. The highest BCUT2D eigenvalue weighted by molar-refractivity contribution is 5.90. The third-order valence-corrected chi connectivity index (χ3v) is 5.71. The zero-order valence-electron chi connectivity index (χ0n) is 28.5. The molecule has 1 amide bonds. The number of anilines is 5. The fraction of sp³-hybridized carbons (Fsp3) is 0.242. The molecule has 0 aliphatic carbocycles. The molecule has 4 aromatic carbocycles. The summed E-state index contributed by atoms with van der Waals surface area (Å²) in [6.07, 6.45) is -1.45. The van der Waals surface area contributed by atoms with Gasteiger partial charge in [0, 0.05) is 30.4 Å². The van der Waals surface area contributed by atoms with Crippen molar-refractivity contribution in [3.05, 3.63) is 117 Å². The molecule has 264 valence electrons. The summed E-state index contributed by atoms with van der Waals surface area (Å²) in [4.78, 5) is 21.6. The number of amides is 1. The number of halogens is 4. The Morgan fingerprint density at radius 2 is 1.21 bits per heavy atom. The fourth-order valence-electron chi connectivity index (χ4n) is 3.50. The van der Waals surface area contributed by atoms with Crippen LogP contribution in [0.25, 0.3) is 0 Å². The first-order chi connectivity index (χ1) is 23.4. The summed E-state index contributed by atoms with van der Waals surface area (Å²) < 4.78 is 93.5. The van der Waals surface area contributed by atoms with Crippen LogP contribution in [0.3, 0.4) is 0 Å². The summed E-state index contributed by atoms with van der Waals surface area (Å²) in [6.45, 7) is -6.00. The minimum absolute atomic E-state index is 0. The number of benzene rings is 4. The molecular weight excluding hydrogens is 636 g/mol. The van der Waals surface area contributed by atoms with Crippen LogP contribution in [0.15, 0.2) is 72.8 Å². The van der Waals surface area contributed by atoms with Gasteiger partial charge in [0.05, 0.1) is 37.0 Å². The molecule has 4 rings (SSSR count). The molecule has 0 unspecified atom stereocenters. The van der Waals surface area contributed by atoms with Crippen molar-refractivity contribution >= 4 is 40.2 Å². The van der Waals surface area contributed by atoms with Crippen LogP contribution in [-0.2, 0) is 17.8 Å². The van der Waals surface area contributed by atoms with Crippen molar-refractivity contribution in [2.24, 2.45) is 0 Å². The third-order valence-electron chi connectivity index (χ3n) is 5.71. The first-order valence-electron chi connectivity index (χ1n) is 15.1. The number of nitrogen functional groups attached to an aromatic ring is 2. The van der Waals surface area contributed by atoms with E-state index in [2.05, 4.69) is 15.4 Å². The number of carbonyl (C=O) groups excluding carboxylic acids is 1. The molecule has 0 fully saturated rings. The number of ether oxygens (including phenoxy) is 1. The molecule has 48 heavy (non-hydrogen) atoms. The number of nitrogens with two attached hydrogens (primary N) is 2. The summed E-state index contributed by atoms with van der Waals surface area (Å²) in [5.41, 5.74) is 10.8. The number of aliphatic hydroxyl groups is 1. The molecule has 4 aromatic rings. The molecule has 0 bridgehead atoms. The quantitative estimate of drug-likeness (QED) is 0.0437. The molecule has 8 N–H and O–H groups in total. The van der Waals surface area contributed by atoms with Gasteiger partial charge in [-0.1, -0.05) is 46.5 Å². The number of nitro benzene ring substituents is 1. The molecule has 0 atom stereocenters. The molecule has 0 aliphatic rings. The van der Waals surface area contributed by atoms with Gasteiger partial charge in [0.1, 0.15) is 17.3 Å². The fourth-order valence-corrected chi connectivity index (χ4v) is 3.50. The van der Waals surface area contributed by atoms with Crippen LogP contribution in [0.4, 0.5) is 56.5 Å². The lowest BCUT2D eigenvalue weighted by molar-refractivity contribution is -0.384. The zero-order chi connectivity index (χ0) is 37.8. The number of rotatable bonds is 9. The van der Waals surface area contributed by atoms with E-state index in [4.69, 9.17) is 23.4 Å². The van der Waals surface area contributed by atoms with Crippen LogP contribution in [0.5, 0.6) is 0 Å². The minimum atomic E-state index is -3.24. The highest BCUT2D eigenvalue weighted by atomic mass is 19.1. The molecule has 0 aromatic heterocycles. The molecule has 0 aliphatic heterocycles. The first-order valence-corrected chi connectivity index (χ1v) is 12.6. The Labute approximate surface area is 285 Å². The van der Waals surface area contributed by atoms with E-state index in [0.29, 0.717) is 5.56 Å². The Morgan fingerprint density at radius 1 is 0.792 bits per heavy atom. The van der Waals surface area contributed by atoms with E-state index in [1.54, 1.807) is 12.1 Å². The molecule has 0 heterocycles. The number of nitrogens with one attached hydrogen (secondary N) is 3. The Kier molecular flexibility index (Phi) is 16.2. The second-order valence-corrected chi connectivity index (χ2v) is 8.58. The van der Waals surface area contributed by atoms with Crippen LogP contribution < -0.4 is 27.4 Å². The molecule has 0 saturated heterocycles. The number of nitrogens with zero attached hydrogens (tertiary/aromatic N) is 1. The van der Waals surface area contributed by atoms with Gasteiger partial charge in [0.15, 0.2) is 11.6 Å². The Morgan fingerprint density at radius 3 is 1.65 bits per heavy atom. The van der Waals surface area contributed by atoms with Crippen molar-refractivity contribution in [1.29, 1.82) is 0 Å². The number of hydrogen-bond donors (Lipinski definition) is 6. The predicted molar refractivity (Wildman–Crippen MR) is 185 cm³/mol. The van der Waals surface area contributed by atoms with Gasteiger partial charge in [-0.05, 0) is 60.4 Å². The average molecular weight is 686 g/mol. The third kappa shape index (κ3) is 13.0. The molecule has 0 saturated carbocycles. The zero-order valence-corrected chi connectivity index (χ0v) is 23.5. The van der Waals surface area contributed by atoms with Gasteiger partial charge in [-0.3, -0.25) is 15.4 Å². The van der Waals surface area contributed by atoms with Crippen molar-refractivity contribution in [1.82, 2.24) is 0 Å². The van der Waals surface area contributed by atoms with E-state index in [1.807, 2.05) is 5.32 Å². The Hall–Kier alpha value is -5.57. The normalized spacial score (nSPS) is 11.4. The smallest absolute Gasteiger partial charge is 0.411 e. The maximum Gasteiger partial charge on any atom is 0.411 e. The van der Waals surface area contributed by atoms with Crippen molar-refractivity contribution in [2.45, 2.75) is 42.2 Å². The maximum absolute atomic E-state index is 14.4. The monoisotopic (exact) mass is 685 g/mol. The second kappa shape index (κ2) is 22.0. The highest BCUT2D eigenvalue weighted by Crippen LogP contribution is 2.30. The van der Waals surface area contributed by atoms with Gasteiger partial charge in [-0.15, -0.1) is 0 Å². The van der Waals surface area contributed by atoms with Crippen molar-refractivity contribution in [3.8, 4) is 0 Å². The lowest BCUT2D eigenvalue weighted by Gasteiger charge is -2.13. The number of aliphatic hydroxyl groups excluding tert-OH is 1. The van der Waals surface area contributed by atoms with Crippen LogP contribution in [0.1, 0.15) is 47.1 Å². The lowest BCUT2D eigenvalue weighted by atomic mass is 10.2. The molecule has 11 nitrogen and oxygen atoms in total. The molecule has 15 heteroatoms. The highest BCUT2D eigenvalue weighted by Gasteiger charge is 2.18. The van der Waals surface area contributed by atoms with E-state index in [1.165, 1.54) is 54.6 Å². The summed E-state index contributed by atoms with van der Waals surface area (Å²) in [6, 6.07) is 16.1. The van der Waals surface area contributed by atoms with Gasteiger partial charge in [-0.25, -0.2) is 22.4 Å². The van der Waals surface area contributed by atoms with Crippen molar-refractivity contribution in [2.75, 3.05) is 41.1 Å². The minimum Gasteiger partial charge on any atom is -0.450 e. The first kappa shape index (κ1) is 35.3. The molecular formula is C33H44F4N6O5. The molecule has 0 spiro atoms. The van der Waals surface area contributed by atoms with Gasteiger partial charge in [0.25, 0.3) is 5.69 Å². The predicted octanol–water partition coefficient (Wildman–Crippen LogP) is 8.31. The van der Waals surface area contributed by atoms with Gasteiger partial charge in [-0.2, -0.15) is 0 Å². The number of nitro groups is 1. The van der Waals surface area contributed by atoms with E-state index in [-0.39, 0.29) is 58.2 Å². The summed E-state index contributed by atoms with van der Waals surface area (Å²) in [5, 5.41) is 25.1. The van der Waals surface area contributed by atoms with E-state index < -0.39 is 58.9 Å². The lowest BCUT2D eigenvalue weighted by Crippen LogP contribution is -2.15. The van der Waals surface area contributed by atoms with Crippen LogP contribution in [-0.4, -0.2) is 29.8 Å². The Bertz CT molecular complexity index is 1770. The second-order valence-electron chi connectivity index (χ2n) is 8.58. The standard InChI is InChI=1S/C16H17F2N3O2.C13H11F2N3O2.CH4O.3CH4/c1-2-23-16(22)21-13-8-7-12(14(18)15(13)19)20-9-10-3-5-11(17)6-4-10;14-9-3-1-8(2-4-9)7-17-10-5-6-11(18(19)20)13(16)12(10)15;1-2;;;/h3-8,20H,2,9,19H2,1H3,(H,21,22);1-6,17H,7,16H2;2H,1H3;3*1H4/i1D3,2D2;;;;;. The summed E-state index contributed by atoms with van der Waals surface area (Å²) in [5.74, 6) is -2.52. The van der Waals surface area contributed by atoms with Crippen LogP contribution >= 0.6 is 0 Å².